The summed E-state index contributed by atoms with van der Waals surface area (Å²) in [5.41, 5.74) is 6.16. The molecule has 0 bridgehead atoms. The maximum absolute atomic E-state index is 13.7. The minimum Gasteiger partial charge on any atom is -0.320 e. The summed E-state index contributed by atoms with van der Waals surface area (Å²) < 4.78 is 39.7. The molecule has 0 spiro atoms. The number of hydrogen-bond donors (Lipinski definition) is 2. The van der Waals surface area contributed by atoms with Crippen molar-refractivity contribution in [3.63, 3.8) is 0 Å². The molecule has 0 radical (unpaired) electrons. The predicted molar refractivity (Wildman–Crippen MR) is 82.4 cm³/mol. The Kier molecular flexibility index (Phi) is 6.82. The Labute approximate surface area is 126 Å². The highest BCUT2D eigenvalue weighted by molar-refractivity contribution is 7.89. The molecule has 0 aliphatic heterocycles. The standard InChI is InChI=1S/C15H21FN2O2S/c1-12(2)7-9-21(19,20)18-11-14-10-13(4-3-8-17)5-6-15(14)16/h5-6,10,12,18H,7-9,11,17H2,1-2H3. The van der Waals surface area contributed by atoms with Crippen molar-refractivity contribution in [2.45, 2.75) is 26.8 Å². The minimum absolute atomic E-state index is 0.0406. The Morgan fingerprint density at radius 2 is 2.10 bits per heavy atom. The van der Waals surface area contributed by atoms with Crippen LogP contribution in [-0.4, -0.2) is 20.7 Å². The lowest BCUT2D eigenvalue weighted by Crippen LogP contribution is -2.27. The van der Waals surface area contributed by atoms with E-state index >= 15 is 0 Å². The quantitative estimate of drug-likeness (QED) is 0.784. The summed E-state index contributed by atoms with van der Waals surface area (Å²) in [4.78, 5) is 0. The lowest BCUT2D eigenvalue weighted by atomic mass is 10.1. The second-order valence-electron chi connectivity index (χ2n) is 5.13. The van der Waals surface area contributed by atoms with Crippen LogP contribution in [0.5, 0.6) is 0 Å². The van der Waals surface area contributed by atoms with Gasteiger partial charge in [-0.15, -0.1) is 0 Å². The van der Waals surface area contributed by atoms with Gasteiger partial charge in [-0.05, 0) is 30.5 Å². The average molecular weight is 312 g/mol. The van der Waals surface area contributed by atoms with Crippen molar-refractivity contribution >= 4 is 10.0 Å². The fourth-order valence-electron chi connectivity index (χ4n) is 1.59. The second kappa shape index (κ2) is 8.13. The van der Waals surface area contributed by atoms with E-state index < -0.39 is 15.8 Å². The molecular formula is C15H21FN2O2S. The lowest BCUT2D eigenvalue weighted by Gasteiger charge is -2.09. The molecule has 0 heterocycles. The maximum Gasteiger partial charge on any atom is 0.211 e. The Bertz CT molecular complexity index is 631. The van der Waals surface area contributed by atoms with E-state index in [0.717, 1.165) is 0 Å². The zero-order chi connectivity index (χ0) is 15.9. The van der Waals surface area contributed by atoms with Crippen LogP contribution in [0.4, 0.5) is 4.39 Å². The van der Waals surface area contributed by atoms with Crippen molar-refractivity contribution in [3.8, 4) is 11.8 Å². The highest BCUT2D eigenvalue weighted by Gasteiger charge is 2.12. The van der Waals surface area contributed by atoms with Crippen molar-refractivity contribution in [2.75, 3.05) is 12.3 Å². The van der Waals surface area contributed by atoms with Gasteiger partial charge in [-0.2, -0.15) is 0 Å². The molecule has 21 heavy (non-hydrogen) atoms. The van der Waals surface area contributed by atoms with Crippen molar-refractivity contribution in [1.29, 1.82) is 0 Å². The number of nitrogens with two attached hydrogens (primary N) is 1. The van der Waals surface area contributed by atoms with Gasteiger partial charge in [0.15, 0.2) is 0 Å². The van der Waals surface area contributed by atoms with Crippen LogP contribution < -0.4 is 10.5 Å². The molecule has 1 aromatic rings. The molecule has 0 aliphatic carbocycles. The molecule has 6 heteroatoms. The summed E-state index contributed by atoms with van der Waals surface area (Å²) in [6.07, 6.45) is 0.569. The van der Waals surface area contributed by atoms with Crippen LogP contribution in [0, 0.1) is 23.6 Å². The van der Waals surface area contributed by atoms with E-state index in [9.17, 15) is 12.8 Å². The number of sulfonamides is 1. The summed E-state index contributed by atoms with van der Waals surface area (Å²) in [7, 11) is -3.39. The van der Waals surface area contributed by atoms with Gasteiger partial charge in [0.05, 0.1) is 12.3 Å². The fraction of sp³-hybridized carbons (Fsp3) is 0.467. The van der Waals surface area contributed by atoms with Crippen LogP contribution >= 0.6 is 0 Å². The molecule has 1 aromatic carbocycles. The first-order valence-electron chi connectivity index (χ1n) is 6.79. The third-order valence-corrected chi connectivity index (χ3v) is 4.18. The number of halogens is 1. The Morgan fingerprint density at radius 1 is 1.38 bits per heavy atom. The topological polar surface area (TPSA) is 72.2 Å². The minimum atomic E-state index is -3.39. The summed E-state index contributed by atoms with van der Waals surface area (Å²) in [5.74, 6) is 5.34. The van der Waals surface area contributed by atoms with Gasteiger partial charge in [0.1, 0.15) is 5.82 Å². The molecule has 0 atom stereocenters. The predicted octanol–water partition coefficient (Wildman–Crippen LogP) is 1.60. The van der Waals surface area contributed by atoms with E-state index in [-0.39, 0.29) is 24.4 Å². The third-order valence-electron chi connectivity index (χ3n) is 2.83. The van der Waals surface area contributed by atoms with Crippen molar-refractivity contribution in [3.05, 3.63) is 35.1 Å². The smallest absolute Gasteiger partial charge is 0.211 e. The van der Waals surface area contributed by atoms with Crippen LogP contribution in [0.2, 0.25) is 0 Å². The molecule has 0 aromatic heterocycles. The second-order valence-corrected chi connectivity index (χ2v) is 7.06. The summed E-state index contributed by atoms with van der Waals surface area (Å²) in [6.45, 7) is 4.04. The number of nitrogens with one attached hydrogen (secondary N) is 1. The van der Waals surface area contributed by atoms with Gasteiger partial charge in [0.25, 0.3) is 0 Å². The van der Waals surface area contributed by atoms with E-state index in [2.05, 4.69) is 16.6 Å². The normalized spacial score (nSPS) is 11.3. The molecule has 4 nitrogen and oxygen atoms in total. The first kappa shape index (κ1) is 17.6. The fourth-order valence-corrected chi connectivity index (χ4v) is 2.89. The molecule has 0 saturated carbocycles. The van der Waals surface area contributed by atoms with Crippen LogP contribution in [0.25, 0.3) is 0 Å². The number of benzene rings is 1. The third kappa shape index (κ3) is 6.71. The molecular weight excluding hydrogens is 291 g/mol. The highest BCUT2D eigenvalue weighted by atomic mass is 32.2. The first-order chi connectivity index (χ1) is 9.84. The van der Waals surface area contributed by atoms with Gasteiger partial charge in [-0.1, -0.05) is 25.7 Å². The summed E-state index contributed by atoms with van der Waals surface area (Å²) in [6, 6.07) is 4.34. The van der Waals surface area contributed by atoms with E-state index in [0.29, 0.717) is 17.9 Å². The van der Waals surface area contributed by atoms with Crippen LogP contribution in [0.1, 0.15) is 31.4 Å². The SMILES string of the molecule is CC(C)CCS(=O)(=O)NCc1cc(C#CCN)ccc1F. The van der Waals surface area contributed by atoms with Gasteiger partial charge in [0, 0.05) is 17.7 Å². The lowest BCUT2D eigenvalue weighted by molar-refractivity contribution is 0.557. The number of rotatable bonds is 6. The molecule has 0 saturated heterocycles. The maximum atomic E-state index is 13.7. The van der Waals surface area contributed by atoms with Crippen LogP contribution in [-0.2, 0) is 16.6 Å². The molecule has 0 aliphatic rings. The van der Waals surface area contributed by atoms with Gasteiger partial charge in [-0.25, -0.2) is 17.5 Å². The molecule has 1 rings (SSSR count). The van der Waals surface area contributed by atoms with E-state index in [1.807, 2.05) is 13.8 Å². The van der Waals surface area contributed by atoms with Crippen molar-refractivity contribution in [2.24, 2.45) is 11.7 Å². The van der Waals surface area contributed by atoms with Crippen LogP contribution in [0.15, 0.2) is 18.2 Å². The molecule has 0 unspecified atom stereocenters. The summed E-state index contributed by atoms with van der Waals surface area (Å²) >= 11 is 0. The van der Waals surface area contributed by atoms with E-state index in [1.54, 1.807) is 0 Å². The molecule has 3 N–H and O–H groups in total. The van der Waals surface area contributed by atoms with Gasteiger partial charge in [0.2, 0.25) is 10.0 Å². The Balaban J connectivity index is 2.74. The first-order valence-corrected chi connectivity index (χ1v) is 8.44. The number of hydrogen-bond acceptors (Lipinski definition) is 3. The van der Waals surface area contributed by atoms with Gasteiger partial charge in [-0.3, -0.25) is 0 Å². The zero-order valence-electron chi connectivity index (χ0n) is 12.3. The zero-order valence-corrected chi connectivity index (χ0v) is 13.1. The Hall–Kier alpha value is -1.42. The van der Waals surface area contributed by atoms with Gasteiger partial charge >= 0.3 is 0 Å². The van der Waals surface area contributed by atoms with E-state index in [1.165, 1.54) is 18.2 Å². The van der Waals surface area contributed by atoms with Crippen LogP contribution in [0.3, 0.4) is 0 Å². The molecule has 116 valence electrons. The van der Waals surface area contributed by atoms with Crippen molar-refractivity contribution < 1.29 is 12.8 Å². The molecule has 0 amide bonds. The summed E-state index contributed by atoms with van der Waals surface area (Å²) in [5, 5.41) is 0. The van der Waals surface area contributed by atoms with Crippen molar-refractivity contribution in [1.82, 2.24) is 4.72 Å². The van der Waals surface area contributed by atoms with E-state index in [4.69, 9.17) is 5.73 Å². The Morgan fingerprint density at radius 3 is 2.71 bits per heavy atom. The largest absolute Gasteiger partial charge is 0.320 e. The van der Waals surface area contributed by atoms with Gasteiger partial charge < -0.3 is 5.73 Å². The highest BCUT2D eigenvalue weighted by Crippen LogP contribution is 2.11. The monoisotopic (exact) mass is 312 g/mol. The average Bonchev–Trinajstić information content (AvgIpc) is 2.43. The molecule has 0 fully saturated rings.